The van der Waals surface area contributed by atoms with Crippen molar-refractivity contribution in [2.45, 2.75) is 12.8 Å². The van der Waals surface area contributed by atoms with Crippen LogP contribution in [0.4, 0.5) is 0 Å². The van der Waals surface area contributed by atoms with Crippen LogP contribution in [0.5, 0.6) is 0 Å². The number of pyridine rings is 1. The molecule has 0 bridgehead atoms. The third-order valence-corrected chi connectivity index (χ3v) is 3.93. The maximum Gasteiger partial charge on any atom is 0.129 e. The first kappa shape index (κ1) is 10.3. The zero-order valence-electron chi connectivity index (χ0n) is 9.12. The molecule has 0 radical (unpaired) electrons. The van der Waals surface area contributed by atoms with Gasteiger partial charge in [0.25, 0.3) is 0 Å². The van der Waals surface area contributed by atoms with E-state index in [9.17, 15) is 0 Å². The smallest absolute Gasteiger partial charge is 0.129 e. The van der Waals surface area contributed by atoms with E-state index in [-0.39, 0.29) is 0 Å². The summed E-state index contributed by atoms with van der Waals surface area (Å²) in [6.07, 6.45) is 6.79. The lowest BCUT2D eigenvalue weighted by atomic mass is 9.78. The van der Waals surface area contributed by atoms with Crippen LogP contribution in [0.25, 0.3) is 5.57 Å². The van der Waals surface area contributed by atoms with E-state index < -0.39 is 0 Å². The molecule has 0 unspecified atom stereocenters. The molecule has 16 heavy (non-hydrogen) atoms. The van der Waals surface area contributed by atoms with Crippen molar-refractivity contribution in [1.82, 2.24) is 10.3 Å². The van der Waals surface area contributed by atoms with Crippen LogP contribution in [0.1, 0.15) is 18.4 Å². The minimum Gasteiger partial charge on any atom is -0.316 e. The van der Waals surface area contributed by atoms with Crippen molar-refractivity contribution in [3.05, 3.63) is 35.1 Å². The number of halogens is 1. The van der Waals surface area contributed by atoms with Gasteiger partial charge >= 0.3 is 0 Å². The fourth-order valence-corrected chi connectivity index (χ4v) is 2.99. The summed E-state index contributed by atoms with van der Waals surface area (Å²) in [5, 5.41) is 4.06. The molecular formula is C13H15ClN2. The van der Waals surface area contributed by atoms with Crippen LogP contribution in [0.2, 0.25) is 5.15 Å². The van der Waals surface area contributed by atoms with E-state index >= 15 is 0 Å². The molecule has 1 aromatic heterocycles. The van der Waals surface area contributed by atoms with Crippen molar-refractivity contribution in [3.8, 4) is 0 Å². The van der Waals surface area contributed by atoms with Gasteiger partial charge in [-0.2, -0.15) is 0 Å². The topological polar surface area (TPSA) is 24.9 Å². The minimum absolute atomic E-state index is 0.571. The summed E-state index contributed by atoms with van der Waals surface area (Å²) in [6.45, 7) is 2.28. The maximum absolute atomic E-state index is 5.82. The second-order valence-corrected chi connectivity index (χ2v) is 5.02. The maximum atomic E-state index is 5.82. The number of hydrogen-bond donors (Lipinski definition) is 1. The molecule has 1 aliphatic carbocycles. The Bertz CT molecular complexity index is 410. The summed E-state index contributed by atoms with van der Waals surface area (Å²) < 4.78 is 0. The van der Waals surface area contributed by atoms with Gasteiger partial charge in [0, 0.05) is 18.7 Å². The highest BCUT2D eigenvalue weighted by molar-refractivity contribution is 6.29. The van der Waals surface area contributed by atoms with Gasteiger partial charge in [-0.25, -0.2) is 4.98 Å². The zero-order valence-corrected chi connectivity index (χ0v) is 9.87. The second kappa shape index (κ2) is 4.19. The lowest BCUT2D eigenvalue weighted by molar-refractivity contribution is 0.454. The quantitative estimate of drug-likeness (QED) is 0.756. The van der Waals surface area contributed by atoms with E-state index in [1.165, 1.54) is 30.5 Å². The lowest BCUT2D eigenvalue weighted by Crippen LogP contribution is -2.17. The summed E-state index contributed by atoms with van der Waals surface area (Å²) in [6, 6.07) is 3.96. The van der Waals surface area contributed by atoms with Crippen LogP contribution in [0.15, 0.2) is 24.4 Å². The number of nitrogens with zero attached hydrogens (tertiary/aromatic N) is 1. The summed E-state index contributed by atoms with van der Waals surface area (Å²) in [5.74, 6) is 1.49. The fourth-order valence-electron chi connectivity index (χ4n) is 2.88. The van der Waals surface area contributed by atoms with Gasteiger partial charge in [0.05, 0.1) is 0 Å². The lowest BCUT2D eigenvalue weighted by Gasteiger charge is -2.26. The summed E-state index contributed by atoms with van der Waals surface area (Å²) in [4.78, 5) is 4.17. The monoisotopic (exact) mass is 234 g/mol. The third kappa shape index (κ3) is 1.76. The van der Waals surface area contributed by atoms with Gasteiger partial charge < -0.3 is 5.32 Å². The molecule has 0 aromatic carbocycles. The van der Waals surface area contributed by atoms with Crippen LogP contribution in [-0.4, -0.2) is 18.1 Å². The first-order valence-electron chi connectivity index (χ1n) is 5.87. The largest absolute Gasteiger partial charge is 0.316 e. The van der Waals surface area contributed by atoms with E-state index in [2.05, 4.69) is 22.4 Å². The summed E-state index contributed by atoms with van der Waals surface area (Å²) in [7, 11) is 0. The molecule has 2 atom stereocenters. The van der Waals surface area contributed by atoms with Crippen LogP contribution in [-0.2, 0) is 0 Å². The van der Waals surface area contributed by atoms with Gasteiger partial charge in [-0.05, 0) is 42.5 Å². The second-order valence-electron chi connectivity index (χ2n) is 4.63. The van der Waals surface area contributed by atoms with E-state index in [0.717, 1.165) is 12.5 Å². The average molecular weight is 235 g/mol. The van der Waals surface area contributed by atoms with Crippen LogP contribution in [0, 0.1) is 11.8 Å². The highest BCUT2D eigenvalue weighted by Gasteiger charge is 2.32. The highest BCUT2D eigenvalue weighted by atomic mass is 35.5. The molecule has 0 spiro atoms. The summed E-state index contributed by atoms with van der Waals surface area (Å²) >= 11 is 5.82. The Morgan fingerprint density at radius 3 is 3.06 bits per heavy atom. The first-order valence-corrected chi connectivity index (χ1v) is 6.25. The molecule has 0 saturated carbocycles. The molecular weight excluding hydrogens is 220 g/mol. The van der Waals surface area contributed by atoms with E-state index in [1.807, 2.05) is 12.3 Å². The minimum atomic E-state index is 0.571. The Morgan fingerprint density at radius 1 is 1.31 bits per heavy atom. The normalized spacial score (nSPS) is 28.7. The Morgan fingerprint density at radius 2 is 2.25 bits per heavy atom. The van der Waals surface area contributed by atoms with Crippen molar-refractivity contribution in [1.29, 1.82) is 0 Å². The van der Waals surface area contributed by atoms with Gasteiger partial charge in [-0.15, -0.1) is 0 Å². The molecule has 1 fully saturated rings. The number of nitrogens with one attached hydrogen (secondary N) is 1. The Hall–Kier alpha value is -0.860. The average Bonchev–Trinajstić information content (AvgIpc) is 2.78. The highest BCUT2D eigenvalue weighted by Crippen LogP contribution is 2.38. The van der Waals surface area contributed by atoms with E-state index in [4.69, 9.17) is 11.6 Å². The van der Waals surface area contributed by atoms with Crippen molar-refractivity contribution in [2.24, 2.45) is 11.8 Å². The van der Waals surface area contributed by atoms with Crippen molar-refractivity contribution < 1.29 is 0 Å². The molecule has 84 valence electrons. The Kier molecular flexibility index (Phi) is 2.70. The molecule has 1 N–H and O–H groups in total. The number of hydrogen-bond acceptors (Lipinski definition) is 2. The number of allylic oxidation sites excluding steroid dienone is 1. The molecule has 2 aliphatic rings. The Labute approximate surface area is 101 Å². The van der Waals surface area contributed by atoms with Gasteiger partial charge in [-0.1, -0.05) is 23.7 Å². The van der Waals surface area contributed by atoms with Crippen molar-refractivity contribution >= 4 is 17.2 Å². The number of aromatic nitrogens is 1. The predicted molar refractivity (Wildman–Crippen MR) is 66.3 cm³/mol. The molecule has 3 heteroatoms. The van der Waals surface area contributed by atoms with Gasteiger partial charge in [0.2, 0.25) is 0 Å². The van der Waals surface area contributed by atoms with E-state index in [0.29, 0.717) is 11.1 Å². The third-order valence-electron chi connectivity index (χ3n) is 3.70. The number of fused-ring (bicyclic) bond motifs is 1. The van der Waals surface area contributed by atoms with E-state index in [1.54, 1.807) is 0 Å². The van der Waals surface area contributed by atoms with Crippen molar-refractivity contribution in [3.63, 3.8) is 0 Å². The summed E-state index contributed by atoms with van der Waals surface area (Å²) in [5.41, 5.74) is 2.70. The zero-order chi connectivity index (χ0) is 11.0. The SMILES string of the molecule is Clc1ccc(C2=CCC[C@H]3CNC[C@@H]23)cn1. The molecule has 3 rings (SSSR count). The molecule has 1 aromatic rings. The molecule has 1 saturated heterocycles. The first-order chi connectivity index (χ1) is 7.84. The molecule has 2 nitrogen and oxygen atoms in total. The van der Waals surface area contributed by atoms with Gasteiger partial charge in [0.15, 0.2) is 0 Å². The van der Waals surface area contributed by atoms with Gasteiger partial charge in [-0.3, -0.25) is 0 Å². The van der Waals surface area contributed by atoms with Crippen molar-refractivity contribution in [2.75, 3.05) is 13.1 Å². The van der Waals surface area contributed by atoms with Crippen LogP contribution in [0.3, 0.4) is 0 Å². The Balaban J connectivity index is 1.93. The fraction of sp³-hybridized carbons (Fsp3) is 0.462. The molecule has 2 heterocycles. The van der Waals surface area contributed by atoms with Crippen LogP contribution >= 0.6 is 11.6 Å². The number of rotatable bonds is 1. The standard InChI is InChI=1S/C13H15ClN2/c14-13-5-4-10(7-16-13)11-3-1-2-9-6-15-8-12(9)11/h3-5,7,9,12,15H,1-2,6,8H2/t9-,12+/m0/s1. The molecule has 0 amide bonds. The predicted octanol–water partition coefficient (Wildman–Crippen LogP) is 2.75. The van der Waals surface area contributed by atoms with Gasteiger partial charge in [0.1, 0.15) is 5.15 Å². The molecule has 1 aliphatic heterocycles. The van der Waals surface area contributed by atoms with Crippen LogP contribution < -0.4 is 5.32 Å².